The van der Waals surface area contributed by atoms with Gasteiger partial charge in [0.05, 0.1) is 11.2 Å². The van der Waals surface area contributed by atoms with Gasteiger partial charge in [0.15, 0.2) is 0 Å². The van der Waals surface area contributed by atoms with Crippen LogP contribution < -0.4 is 10.1 Å². The van der Waals surface area contributed by atoms with E-state index in [0.717, 1.165) is 17.2 Å². The summed E-state index contributed by atoms with van der Waals surface area (Å²) in [5, 5.41) is 4.11. The summed E-state index contributed by atoms with van der Waals surface area (Å²) in [6.45, 7) is 9.26. The second kappa shape index (κ2) is 6.15. The lowest BCUT2D eigenvalue weighted by Crippen LogP contribution is -2.46. The lowest BCUT2D eigenvalue weighted by molar-refractivity contribution is -0.0786. The highest BCUT2D eigenvalue weighted by atomic mass is 35.5. The minimum Gasteiger partial charge on any atom is -0.492 e. The van der Waals surface area contributed by atoms with Gasteiger partial charge >= 0.3 is 0 Å². The number of likely N-dealkylation sites (N-methyl/N-ethyl adjacent to an activating group) is 1. The van der Waals surface area contributed by atoms with E-state index in [1.54, 1.807) is 0 Å². The van der Waals surface area contributed by atoms with Crippen LogP contribution in [-0.4, -0.2) is 30.9 Å². The first-order valence-electron chi connectivity index (χ1n) is 7.49. The fourth-order valence-electron chi connectivity index (χ4n) is 3.35. The number of rotatable bonds is 5. The highest BCUT2D eigenvalue weighted by Crippen LogP contribution is 2.43. The van der Waals surface area contributed by atoms with Gasteiger partial charge in [-0.15, -0.1) is 0 Å². The Kier molecular flexibility index (Phi) is 4.86. The first kappa shape index (κ1) is 16.6. The van der Waals surface area contributed by atoms with Crippen molar-refractivity contribution < 1.29 is 9.47 Å². The van der Waals surface area contributed by atoms with Crippen LogP contribution in [-0.2, 0) is 4.74 Å². The molecule has 1 saturated heterocycles. The largest absolute Gasteiger partial charge is 0.492 e. The van der Waals surface area contributed by atoms with Gasteiger partial charge in [0.2, 0.25) is 0 Å². The van der Waals surface area contributed by atoms with Crippen LogP contribution in [0.1, 0.15) is 34.1 Å². The van der Waals surface area contributed by atoms with E-state index in [0.29, 0.717) is 12.5 Å². The molecule has 0 bridgehead atoms. The van der Waals surface area contributed by atoms with Crippen molar-refractivity contribution in [2.24, 2.45) is 5.92 Å². The van der Waals surface area contributed by atoms with E-state index in [-0.39, 0.29) is 17.2 Å². The second-order valence-corrected chi connectivity index (χ2v) is 7.37. The van der Waals surface area contributed by atoms with Crippen molar-refractivity contribution in [3.63, 3.8) is 0 Å². The molecule has 1 aromatic rings. The fourth-order valence-corrected chi connectivity index (χ4v) is 3.48. The summed E-state index contributed by atoms with van der Waals surface area (Å²) >= 11 is 5.89. The minimum absolute atomic E-state index is 0.0798. The molecule has 1 aliphatic heterocycles. The van der Waals surface area contributed by atoms with E-state index in [4.69, 9.17) is 21.1 Å². The Balaban J connectivity index is 2.01. The van der Waals surface area contributed by atoms with Crippen LogP contribution in [0.25, 0.3) is 0 Å². The predicted octanol–water partition coefficient (Wildman–Crippen LogP) is 3.90. The van der Waals surface area contributed by atoms with E-state index in [1.165, 1.54) is 0 Å². The highest BCUT2D eigenvalue weighted by molar-refractivity contribution is 6.30. The van der Waals surface area contributed by atoms with Gasteiger partial charge in [0.25, 0.3) is 0 Å². The van der Waals surface area contributed by atoms with Gasteiger partial charge in [-0.2, -0.15) is 0 Å². The van der Waals surface area contributed by atoms with Crippen LogP contribution in [0.5, 0.6) is 5.75 Å². The molecule has 2 unspecified atom stereocenters. The number of ether oxygens (including phenoxy) is 2. The van der Waals surface area contributed by atoms with Crippen molar-refractivity contribution in [1.82, 2.24) is 5.32 Å². The molecule has 1 aliphatic rings. The molecule has 2 atom stereocenters. The van der Waals surface area contributed by atoms with Crippen LogP contribution in [0.4, 0.5) is 0 Å². The van der Waals surface area contributed by atoms with Crippen molar-refractivity contribution in [1.29, 1.82) is 0 Å². The van der Waals surface area contributed by atoms with Crippen LogP contribution in [0, 0.1) is 5.92 Å². The van der Waals surface area contributed by atoms with Crippen LogP contribution in [0.2, 0.25) is 5.02 Å². The van der Waals surface area contributed by atoms with Crippen molar-refractivity contribution in [3.8, 4) is 5.75 Å². The van der Waals surface area contributed by atoms with Crippen molar-refractivity contribution in [3.05, 3.63) is 29.3 Å². The molecular formula is C17H26ClNO2. The Morgan fingerprint density at radius 1 is 1.29 bits per heavy atom. The zero-order chi connectivity index (χ0) is 15.7. The van der Waals surface area contributed by atoms with Crippen molar-refractivity contribution >= 4 is 11.6 Å². The lowest BCUT2D eigenvalue weighted by atomic mass is 9.82. The van der Waals surface area contributed by atoms with Gasteiger partial charge in [-0.1, -0.05) is 11.6 Å². The minimum atomic E-state index is -0.152. The first-order chi connectivity index (χ1) is 9.73. The van der Waals surface area contributed by atoms with E-state index < -0.39 is 0 Å². The number of hydrogen-bond donors (Lipinski definition) is 1. The van der Waals surface area contributed by atoms with Crippen molar-refractivity contribution in [2.45, 2.75) is 51.4 Å². The predicted molar refractivity (Wildman–Crippen MR) is 87.1 cm³/mol. The Bertz CT molecular complexity index is 470. The average molecular weight is 312 g/mol. The molecule has 1 heterocycles. The SMILES string of the molecule is CNC(COc1ccc(Cl)cc1)C1CC(C)(C)OC1(C)C. The summed E-state index contributed by atoms with van der Waals surface area (Å²) < 4.78 is 12.1. The zero-order valence-electron chi connectivity index (χ0n) is 13.6. The summed E-state index contributed by atoms with van der Waals surface area (Å²) in [6.07, 6.45) is 1.02. The fraction of sp³-hybridized carbons (Fsp3) is 0.647. The summed E-state index contributed by atoms with van der Waals surface area (Å²) in [6, 6.07) is 7.73. The smallest absolute Gasteiger partial charge is 0.119 e. The summed E-state index contributed by atoms with van der Waals surface area (Å²) in [5.74, 6) is 1.25. The van der Waals surface area contributed by atoms with E-state index >= 15 is 0 Å². The third-order valence-electron chi connectivity index (χ3n) is 4.24. The monoisotopic (exact) mass is 311 g/mol. The third kappa shape index (κ3) is 4.12. The van der Waals surface area contributed by atoms with E-state index in [9.17, 15) is 0 Å². The average Bonchev–Trinajstić information content (AvgIpc) is 2.61. The molecule has 3 nitrogen and oxygen atoms in total. The number of nitrogens with one attached hydrogen (secondary N) is 1. The zero-order valence-corrected chi connectivity index (χ0v) is 14.3. The maximum atomic E-state index is 6.19. The molecular weight excluding hydrogens is 286 g/mol. The van der Waals surface area contributed by atoms with Gasteiger partial charge < -0.3 is 14.8 Å². The molecule has 1 fully saturated rings. The summed E-state index contributed by atoms with van der Waals surface area (Å²) in [7, 11) is 1.98. The van der Waals surface area contributed by atoms with E-state index in [2.05, 4.69) is 33.0 Å². The quantitative estimate of drug-likeness (QED) is 0.894. The van der Waals surface area contributed by atoms with Gasteiger partial charge in [-0.25, -0.2) is 0 Å². The highest BCUT2D eigenvalue weighted by Gasteiger charge is 2.48. The Hall–Kier alpha value is -0.770. The summed E-state index contributed by atoms with van der Waals surface area (Å²) in [5.41, 5.74) is -0.232. The molecule has 21 heavy (non-hydrogen) atoms. The second-order valence-electron chi connectivity index (χ2n) is 6.94. The maximum absolute atomic E-state index is 6.19. The molecule has 2 rings (SSSR count). The van der Waals surface area contributed by atoms with Gasteiger partial charge in [0, 0.05) is 17.0 Å². The number of hydrogen-bond acceptors (Lipinski definition) is 3. The Morgan fingerprint density at radius 3 is 2.38 bits per heavy atom. The lowest BCUT2D eigenvalue weighted by Gasteiger charge is -2.32. The molecule has 0 saturated carbocycles. The molecule has 1 aromatic carbocycles. The van der Waals surface area contributed by atoms with Crippen LogP contribution >= 0.6 is 11.6 Å². The van der Waals surface area contributed by atoms with Gasteiger partial charge in [-0.3, -0.25) is 0 Å². The molecule has 0 aromatic heterocycles. The molecule has 1 N–H and O–H groups in total. The Morgan fingerprint density at radius 2 is 1.90 bits per heavy atom. The van der Waals surface area contributed by atoms with Gasteiger partial charge in [-0.05, 0) is 65.4 Å². The standard InChI is InChI=1S/C17H26ClNO2/c1-16(2)10-14(17(3,4)21-16)15(19-5)11-20-13-8-6-12(18)7-9-13/h6-9,14-15,19H,10-11H2,1-5H3. The van der Waals surface area contributed by atoms with Crippen molar-refractivity contribution in [2.75, 3.05) is 13.7 Å². The molecule has 0 amide bonds. The molecule has 0 aliphatic carbocycles. The molecule has 0 radical (unpaired) electrons. The topological polar surface area (TPSA) is 30.5 Å². The number of benzene rings is 1. The third-order valence-corrected chi connectivity index (χ3v) is 4.50. The van der Waals surface area contributed by atoms with Gasteiger partial charge in [0.1, 0.15) is 12.4 Å². The molecule has 0 spiro atoms. The first-order valence-corrected chi connectivity index (χ1v) is 7.87. The van der Waals surface area contributed by atoms with Crippen LogP contribution in [0.15, 0.2) is 24.3 Å². The molecule has 4 heteroatoms. The molecule has 118 valence electrons. The number of halogens is 1. The summed E-state index contributed by atoms with van der Waals surface area (Å²) in [4.78, 5) is 0. The maximum Gasteiger partial charge on any atom is 0.119 e. The Labute approximate surface area is 133 Å². The van der Waals surface area contributed by atoms with E-state index in [1.807, 2.05) is 31.3 Å². The van der Waals surface area contributed by atoms with Crippen LogP contribution in [0.3, 0.4) is 0 Å². The normalized spacial score (nSPS) is 24.8.